The van der Waals surface area contributed by atoms with Crippen LogP contribution in [-0.4, -0.2) is 74.6 Å². The topological polar surface area (TPSA) is 135 Å². The molecule has 1 aromatic rings. The van der Waals surface area contributed by atoms with Crippen LogP contribution in [0.5, 0.6) is 0 Å². The number of carbonyl (C=O) groups is 2. The number of amides is 1. The van der Waals surface area contributed by atoms with E-state index in [0.717, 1.165) is 44.1 Å². The molecule has 3 unspecified atom stereocenters. The zero-order valence-corrected chi connectivity index (χ0v) is 34.0. The fourth-order valence-corrected chi connectivity index (χ4v) is 14.0. The first kappa shape index (κ1) is 39.1. The third-order valence-electron chi connectivity index (χ3n) is 16.3. The monoisotopic (exact) mass is 737 g/mol. The number of hydrogen-bond donors (Lipinski definition) is 4. The molecule has 7 rings (SSSR count). The summed E-state index contributed by atoms with van der Waals surface area (Å²) in [7, 11) is 0. The maximum absolute atomic E-state index is 14.0. The van der Waals surface area contributed by atoms with E-state index >= 15 is 0 Å². The summed E-state index contributed by atoms with van der Waals surface area (Å²) in [5.41, 5.74) is -2.12. The first-order chi connectivity index (χ1) is 24.4. The lowest BCUT2D eigenvalue weighted by atomic mass is 9.41. The standard InChI is InChI=1S/C44H67NO8/c1-37(2,3)53-36(49)45-27(22-26-14-12-11-13-15-26)35(48)51-31-17-19-44-25-43(44)21-20-40(8)34(42(10)18-16-32(52-42)39(6,7)50)29(47)24-41(40,9)30(43)23-28(46)33(44)38(31,4)5/h11-15,27-34,46-47,50H,16-25H2,1-10H3,(H,45,49)/t27-,28-,29-,30?,31-,32-,33-,34-,40+,41-,42+,43?,44?/m0/s1. The van der Waals surface area contributed by atoms with E-state index < -0.39 is 58.6 Å². The molecule has 5 saturated carbocycles. The van der Waals surface area contributed by atoms with Gasteiger partial charge in [0.15, 0.2) is 0 Å². The summed E-state index contributed by atoms with van der Waals surface area (Å²) < 4.78 is 18.7. The number of aliphatic hydroxyl groups excluding tert-OH is 2. The molecule has 0 bridgehead atoms. The SMILES string of the molecule is CC(C)(C)OC(=O)N[C@@H](Cc1ccccc1)C(=O)O[C@H]1CCC23CC24CC[C@]2(C)[C@@H]([C@@]5(C)CC[C@@H](C(C)(C)O)O5)[C@@H](O)C[C@@]2(C)C4C[C@H](O)[C@H]3C1(C)C. The maximum atomic E-state index is 14.0. The number of aliphatic hydroxyl groups is 3. The molecule has 0 aromatic heterocycles. The minimum Gasteiger partial charge on any atom is -0.460 e. The van der Waals surface area contributed by atoms with Crippen molar-refractivity contribution in [1.29, 1.82) is 0 Å². The Morgan fingerprint density at radius 2 is 1.57 bits per heavy atom. The average molecular weight is 738 g/mol. The first-order valence-corrected chi connectivity index (χ1v) is 20.4. The molecule has 1 aromatic carbocycles. The fourth-order valence-electron chi connectivity index (χ4n) is 14.0. The molecule has 6 fully saturated rings. The Morgan fingerprint density at radius 1 is 0.887 bits per heavy atom. The van der Waals surface area contributed by atoms with Gasteiger partial charge in [0.25, 0.3) is 0 Å². The largest absolute Gasteiger partial charge is 0.460 e. The zero-order chi connectivity index (χ0) is 38.8. The minimum atomic E-state index is -0.942. The van der Waals surface area contributed by atoms with Crippen molar-refractivity contribution in [2.45, 2.75) is 181 Å². The van der Waals surface area contributed by atoms with Crippen molar-refractivity contribution in [3.8, 4) is 0 Å². The number of nitrogens with one attached hydrogen (secondary N) is 1. The number of fused-ring (bicyclic) bond motifs is 2. The van der Waals surface area contributed by atoms with Gasteiger partial charge in [0.1, 0.15) is 17.7 Å². The highest BCUT2D eigenvalue weighted by Gasteiger charge is 2.85. The van der Waals surface area contributed by atoms with Gasteiger partial charge in [-0.05, 0) is 138 Å². The van der Waals surface area contributed by atoms with Gasteiger partial charge in [-0.3, -0.25) is 0 Å². The predicted molar refractivity (Wildman–Crippen MR) is 202 cm³/mol. The van der Waals surface area contributed by atoms with Crippen molar-refractivity contribution in [1.82, 2.24) is 5.32 Å². The first-order valence-electron chi connectivity index (χ1n) is 20.4. The molecular formula is C44H67NO8. The minimum absolute atomic E-state index is 0.0394. The lowest BCUT2D eigenvalue weighted by molar-refractivity contribution is -0.218. The Labute approximate surface area is 317 Å². The Bertz CT molecular complexity index is 1580. The average Bonchev–Trinajstić information content (AvgIpc) is 3.38. The highest BCUT2D eigenvalue weighted by molar-refractivity contribution is 5.82. The van der Waals surface area contributed by atoms with Gasteiger partial charge in [0.2, 0.25) is 0 Å². The lowest BCUT2D eigenvalue weighted by Crippen LogP contribution is -2.62. The second-order valence-corrected chi connectivity index (χ2v) is 21.2. The van der Waals surface area contributed by atoms with E-state index in [-0.39, 0.29) is 51.9 Å². The van der Waals surface area contributed by atoms with E-state index in [0.29, 0.717) is 19.3 Å². The number of rotatable bonds is 7. The van der Waals surface area contributed by atoms with Crippen molar-refractivity contribution in [2.24, 2.45) is 44.8 Å². The van der Waals surface area contributed by atoms with Crippen LogP contribution in [-0.2, 0) is 25.4 Å². The predicted octanol–water partition coefficient (Wildman–Crippen LogP) is 7.12. The molecule has 9 nitrogen and oxygen atoms in total. The summed E-state index contributed by atoms with van der Waals surface area (Å²) in [6.45, 7) is 20.3. The molecule has 53 heavy (non-hydrogen) atoms. The molecule has 13 atom stereocenters. The van der Waals surface area contributed by atoms with Crippen LogP contribution in [0.2, 0.25) is 0 Å². The van der Waals surface area contributed by atoms with Gasteiger partial charge in [-0.2, -0.15) is 0 Å². The van der Waals surface area contributed by atoms with Crippen molar-refractivity contribution in [3.05, 3.63) is 35.9 Å². The van der Waals surface area contributed by atoms with Crippen molar-refractivity contribution < 1.29 is 39.1 Å². The number of carbonyl (C=O) groups excluding carboxylic acids is 2. The smallest absolute Gasteiger partial charge is 0.408 e. The van der Waals surface area contributed by atoms with Gasteiger partial charge < -0.3 is 34.8 Å². The molecule has 1 saturated heterocycles. The molecule has 4 N–H and O–H groups in total. The van der Waals surface area contributed by atoms with Gasteiger partial charge in [0, 0.05) is 17.8 Å². The van der Waals surface area contributed by atoms with Crippen LogP contribution in [0, 0.1) is 44.8 Å². The van der Waals surface area contributed by atoms with Crippen LogP contribution in [0.1, 0.15) is 133 Å². The Morgan fingerprint density at radius 3 is 2.19 bits per heavy atom. The Balaban J connectivity index is 1.11. The van der Waals surface area contributed by atoms with Crippen LogP contribution in [0.3, 0.4) is 0 Å². The number of benzene rings is 1. The molecule has 0 radical (unpaired) electrons. The van der Waals surface area contributed by atoms with E-state index in [1.54, 1.807) is 20.8 Å². The zero-order valence-electron chi connectivity index (χ0n) is 34.0. The highest BCUT2D eigenvalue weighted by Crippen LogP contribution is 2.89. The number of alkyl carbamates (subject to hydrolysis) is 1. The molecular weight excluding hydrogens is 670 g/mol. The third-order valence-corrected chi connectivity index (χ3v) is 16.3. The van der Waals surface area contributed by atoms with E-state index in [9.17, 15) is 24.9 Å². The van der Waals surface area contributed by atoms with E-state index in [4.69, 9.17) is 14.2 Å². The number of hydrogen-bond acceptors (Lipinski definition) is 8. The summed E-state index contributed by atoms with van der Waals surface area (Å²) in [6.07, 6.45) is 5.50. The van der Waals surface area contributed by atoms with Crippen LogP contribution in [0.4, 0.5) is 4.79 Å². The van der Waals surface area contributed by atoms with Crippen LogP contribution >= 0.6 is 0 Å². The molecule has 5 aliphatic carbocycles. The number of ether oxygens (including phenoxy) is 3. The van der Waals surface area contributed by atoms with Gasteiger partial charge in [-0.1, -0.05) is 58.0 Å². The molecule has 1 aliphatic heterocycles. The summed E-state index contributed by atoms with van der Waals surface area (Å²) in [6, 6.07) is 8.68. The van der Waals surface area contributed by atoms with E-state index in [2.05, 4.69) is 39.9 Å². The molecule has 2 spiro atoms. The molecule has 296 valence electrons. The quantitative estimate of drug-likeness (QED) is 0.218. The maximum Gasteiger partial charge on any atom is 0.408 e. The van der Waals surface area contributed by atoms with Gasteiger partial charge in [0.05, 0.1) is 29.5 Å². The van der Waals surface area contributed by atoms with Crippen LogP contribution in [0.25, 0.3) is 0 Å². The molecule has 1 heterocycles. The Kier molecular flexibility index (Phi) is 9.14. The lowest BCUT2D eigenvalue weighted by Gasteiger charge is -2.64. The summed E-state index contributed by atoms with van der Waals surface area (Å²) in [5.74, 6) is -0.316. The fraction of sp³-hybridized carbons (Fsp3) is 0.818. The van der Waals surface area contributed by atoms with Crippen molar-refractivity contribution in [2.75, 3.05) is 0 Å². The highest BCUT2D eigenvalue weighted by atomic mass is 16.6. The molecule has 9 heteroatoms. The molecule has 1 amide bonds. The van der Waals surface area contributed by atoms with Gasteiger partial charge in [-0.25, -0.2) is 9.59 Å². The van der Waals surface area contributed by atoms with E-state index in [1.165, 1.54) is 0 Å². The second kappa shape index (κ2) is 12.4. The Hall–Kier alpha value is -2.20. The second-order valence-electron chi connectivity index (χ2n) is 21.2. The summed E-state index contributed by atoms with van der Waals surface area (Å²) in [4.78, 5) is 26.9. The van der Waals surface area contributed by atoms with Crippen molar-refractivity contribution >= 4 is 12.1 Å². The summed E-state index contributed by atoms with van der Waals surface area (Å²) in [5, 5.41) is 38.0. The third kappa shape index (κ3) is 5.99. The normalized spacial score (nSPS) is 44.8. The number of esters is 1. The summed E-state index contributed by atoms with van der Waals surface area (Å²) >= 11 is 0. The van der Waals surface area contributed by atoms with Crippen LogP contribution < -0.4 is 5.32 Å². The van der Waals surface area contributed by atoms with Crippen molar-refractivity contribution in [3.63, 3.8) is 0 Å². The van der Waals surface area contributed by atoms with E-state index in [1.807, 2.05) is 44.2 Å². The molecule has 6 aliphatic rings. The van der Waals surface area contributed by atoms with Gasteiger partial charge in [-0.15, -0.1) is 0 Å². The van der Waals surface area contributed by atoms with Crippen LogP contribution in [0.15, 0.2) is 30.3 Å². The van der Waals surface area contributed by atoms with Gasteiger partial charge >= 0.3 is 12.1 Å².